The van der Waals surface area contributed by atoms with E-state index in [9.17, 15) is 23.2 Å². The lowest BCUT2D eigenvalue weighted by Crippen LogP contribution is -2.21. The fourth-order valence-corrected chi connectivity index (χ4v) is 3.33. The van der Waals surface area contributed by atoms with E-state index in [1.807, 2.05) is 0 Å². The van der Waals surface area contributed by atoms with Gasteiger partial charge in [0.25, 0.3) is 5.56 Å². The molecule has 2 heterocycles. The van der Waals surface area contributed by atoms with Crippen LogP contribution in [0.15, 0.2) is 47.3 Å². The number of benzene rings is 2. The van der Waals surface area contributed by atoms with Gasteiger partial charge < -0.3 is 9.47 Å². The number of ether oxygens (including phenoxy) is 2. The Balaban J connectivity index is 1.45. The lowest BCUT2D eigenvalue weighted by molar-refractivity contribution is -0.0498. The summed E-state index contributed by atoms with van der Waals surface area (Å²) in [5, 5.41) is 0.416. The van der Waals surface area contributed by atoms with Crippen molar-refractivity contribution in [3.8, 4) is 5.75 Å². The molecule has 9 heteroatoms. The Morgan fingerprint density at radius 2 is 1.83 bits per heavy atom. The highest BCUT2D eigenvalue weighted by Gasteiger charge is 2.18. The van der Waals surface area contributed by atoms with Crippen molar-refractivity contribution in [2.45, 2.75) is 26.0 Å². The van der Waals surface area contributed by atoms with E-state index >= 15 is 0 Å². The van der Waals surface area contributed by atoms with Gasteiger partial charge in [0.1, 0.15) is 11.6 Å². The number of alkyl halides is 2. The molecule has 1 aliphatic heterocycles. The van der Waals surface area contributed by atoms with Crippen molar-refractivity contribution in [3.05, 3.63) is 69.8 Å². The van der Waals surface area contributed by atoms with E-state index in [-0.39, 0.29) is 22.4 Å². The van der Waals surface area contributed by atoms with Crippen LogP contribution in [-0.2, 0) is 17.7 Å². The number of Topliss-reactive ketones (excluding diaryl/α,β-unsaturated/α-hetero) is 1. The van der Waals surface area contributed by atoms with Crippen LogP contribution in [-0.4, -0.2) is 34.5 Å². The average Bonchev–Trinajstić information content (AvgIpc) is 3.20. The van der Waals surface area contributed by atoms with Crippen molar-refractivity contribution in [1.82, 2.24) is 9.55 Å². The summed E-state index contributed by atoms with van der Waals surface area (Å²) < 4.78 is 35.2. The summed E-state index contributed by atoms with van der Waals surface area (Å²) in [6.07, 6.45) is 1.56. The summed E-state index contributed by atoms with van der Waals surface area (Å²) in [6.45, 7) is -2.84. The molecule has 3 aromatic rings. The van der Waals surface area contributed by atoms with E-state index in [1.54, 1.807) is 4.57 Å². The van der Waals surface area contributed by atoms with Crippen molar-refractivity contribution in [2.75, 3.05) is 6.61 Å². The molecule has 0 saturated heterocycles. The van der Waals surface area contributed by atoms with Crippen molar-refractivity contribution < 1.29 is 27.8 Å². The molecule has 0 radical (unpaired) electrons. The first-order valence-electron chi connectivity index (χ1n) is 9.21. The lowest BCUT2D eigenvalue weighted by Gasteiger charge is -2.08. The summed E-state index contributed by atoms with van der Waals surface area (Å²) >= 11 is 0. The topological polar surface area (TPSA) is 87.5 Å². The first-order valence-corrected chi connectivity index (χ1v) is 9.21. The van der Waals surface area contributed by atoms with Gasteiger partial charge in [-0.05, 0) is 48.9 Å². The predicted octanol–water partition coefficient (Wildman–Crippen LogP) is 2.98. The third-order valence-corrected chi connectivity index (χ3v) is 4.79. The van der Waals surface area contributed by atoms with Gasteiger partial charge in [-0.1, -0.05) is 0 Å². The van der Waals surface area contributed by atoms with Crippen LogP contribution in [0.25, 0.3) is 10.9 Å². The SMILES string of the molecule is O=C(COC(=O)c1ccc2c(=O)n3c(nc2c1)CCC3)c1ccc(OC(F)F)cc1. The summed E-state index contributed by atoms with van der Waals surface area (Å²) in [4.78, 5) is 41.4. The zero-order chi connectivity index (χ0) is 21.3. The summed E-state index contributed by atoms with van der Waals surface area (Å²) in [5.41, 5.74) is 0.629. The van der Waals surface area contributed by atoms with Gasteiger partial charge in [0, 0.05) is 18.5 Å². The number of aromatic nitrogens is 2. The third-order valence-electron chi connectivity index (χ3n) is 4.79. The van der Waals surface area contributed by atoms with Crippen molar-refractivity contribution in [1.29, 1.82) is 0 Å². The number of aryl methyl sites for hydroxylation is 1. The molecule has 2 aromatic carbocycles. The number of halogens is 2. The fourth-order valence-electron chi connectivity index (χ4n) is 3.33. The molecule has 0 bridgehead atoms. The molecular weight excluding hydrogens is 398 g/mol. The highest BCUT2D eigenvalue weighted by molar-refractivity contribution is 6.00. The van der Waals surface area contributed by atoms with Gasteiger partial charge in [-0.3, -0.25) is 14.2 Å². The van der Waals surface area contributed by atoms with Gasteiger partial charge in [-0.25, -0.2) is 9.78 Å². The Hall–Kier alpha value is -3.62. The molecule has 0 fully saturated rings. The normalized spacial score (nSPS) is 12.8. The molecule has 1 aromatic heterocycles. The van der Waals surface area contributed by atoms with E-state index in [0.717, 1.165) is 6.42 Å². The number of carbonyl (C=O) groups is 2. The van der Waals surface area contributed by atoms with Gasteiger partial charge in [0.2, 0.25) is 0 Å². The Labute approximate surface area is 168 Å². The Morgan fingerprint density at radius 1 is 1.10 bits per heavy atom. The maximum atomic E-state index is 12.5. The van der Waals surface area contributed by atoms with E-state index in [0.29, 0.717) is 29.7 Å². The maximum absolute atomic E-state index is 12.5. The summed E-state index contributed by atoms with van der Waals surface area (Å²) in [6, 6.07) is 9.52. The number of fused-ring (bicyclic) bond motifs is 2. The zero-order valence-corrected chi connectivity index (χ0v) is 15.6. The molecule has 0 atom stereocenters. The lowest BCUT2D eigenvalue weighted by atomic mass is 10.1. The minimum atomic E-state index is -2.96. The molecule has 0 amide bonds. The maximum Gasteiger partial charge on any atom is 0.387 e. The van der Waals surface area contributed by atoms with E-state index in [2.05, 4.69) is 9.72 Å². The Kier molecular flexibility index (Phi) is 5.26. The van der Waals surface area contributed by atoms with Crippen molar-refractivity contribution in [3.63, 3.8) is 0 Å². The molecule has 0 N–H and O–H groups in total. The smallest absolute Gasteiger partial charge is 0.387 e. The van der Waals surface area contributed by atoms with E-state index in [1.165, 1.54) is 42.5 Å². The minimum absolute atomic E-state index is 0.0791. The molecule has 1 aliphatic rings. The first kappa shape index (κ1) is 19.7. The van der Waals surface area contributed by atoms with Crippen LogP contribution in [0.5, 0.6) is 5.75 Å². The van der Waals surface area contributed by atoms with Gasteiger partial charge in [-0.2, -0.15) is 8.78 Å². The largest absolute Gasteiger partial charge is 0.454 e. The molecule has 4 rings (SSSR count). The second-order valence-corrected chi connectivity index (χ2v) is 6.72. The number of hydrogen-bond donors (Lipinski definition) is 0. The number of ketones is 1. The van der Waals surface area contributed by atoms with Gasteiger partial charge in [-0.15, -0.1) is 0 Å². The Bertz CT molecular complexity index is 1190. The molecule has 0 unspecified atom stereocenters. The first-order chi connectivity index (χ1) is 14.4. The van der Waals surface area contributed by atoms with Crippen molar-refractivity contribution in [2.24, 2.45) is 0 Å². The standard InChI is InChI=1S/C21H16F2N2O5/c22-21(23)30-14-6-3-12(4-7-14)17(26)11-29-20(28)13-5-8-15-16(10-13)24-18-2-1-9-25(18)19(15)27/h3-8,10,21H,1-2,9,11H2. The number of hydrogen-bond acceptors (Lipinski definition) is 6. The second-order valence-electron chi connectivity index (χ2n) is 6.72. The zero-order valence-electron chi connectivity index (χ0n) is 15.6. The number of rotatable bonds is 6. The molecule has 0 spiro atoms. The van der Waals surface area contributed by atoms with Crippen LogP contribution < -0.4 is 10.3 Å². The van der Waals surface area contributed by atoms with Crippen molar-refractivity contribution >= 4 is 22.7 Å². The van der Waals surface area contributed by atoms with Crippen LogP contribution in [0, 0.1) is 0 Å². The molecular formula is C21H16F2N2O5. The molecule has 7 nitrogen and oxygen atoms in total. The number of esters is 1. The highest BCUT2D eigenvalue weighted by atomic mass is 19.3. The summed E-state index contributed by atoms with van der Waals surface area (Å²) in [7, 11) is 0. The molecule has 30 heavy (non-hydrogen) atoms. The predicted molar refractivity (Wildman–Crippen MR) is 102 cm³/mol. The second kappa shape index (κ2) is 8.02. The van der Waals surface area contributed by atoms with Crippen LogP contribution in [0.1, 0.15) is 33.0 Å². The van der Waals surface area contributed by atoms with Crippen LogP contribution in [0.4, 0.5) is 8.78 Å². The van der Waals surface area contributed by atoms with Gasteiger partial charge in [0.15, 0.2) is 12.4 Å². The quantitative estimate of drug-likeness (QED) is 0.455. The number of nitrogens with zero attached hydrogens (tertiary/aromatic N) is 2. The monoisotopic (exact) mass is 414 g/mol. The highest BCUT2D eigenvalue weighted by Crippen LogP contribution is 2.18. The Morgan fingerprint density at radius 3 is 2.57 bits per heavy atom. The van der Waals surface area contributed by atoms with E-state index in [4.69, 9.17) is 4.74 Å². The van der Waals surface area contributed by atoms with Gasteiger partial charge in [0.05, 0.1) is 16.5 Å². The van der Waals surface area contributed by atoms with Crippen LogP contribution in [0.2, 0.25) is 0 Å². The minimum Gasteiger partial charge on any atom is -0.454 e. The van der Waals surface area contributed by atoms with E-state index < -0.39 is 25.0 Å². The molecule has 0 saturated carbocycles. The van der Waals surface area contributed by atoms with Gasteiger partial charge >= 0.3 is 12.6 Å². The third kappa shape index (κ3) is 3.91. The fraction of sp³-hybridized carbons (Fsp3) is 0.238. The molecule has 154 valence electrons. The average molecular weight is 414 g/mol. The van der Waals surface area contributed by atoms with Crippen LogP contribution >= 0.6 is 0 Å². The summed E-state index contributed by atoms with van der Waals surface area (Å²) in [5.74, 6) is -0.621. The number of carbonyl (C=O) groups excluding carboxylic acids is 2. The van der Waals surface area contributed by atoms with Crippen LogP contribution in [0.3, 0.4) is 0 Å². The molecule has 0 aliphatic carbocycles.